The first kappa shape index (κ1) is 27.8. The van der Waals surface area contributed by atoms with E-state index in [4.69, 9.17) is 18.9 Å². The first-order chi connectivity index (χ1) is 18.8. The molecule has 0 N–H and O–H groups in total. The van der Waals surface area contributed by atoms with E-state index >= 15 is 0 Å². The molecule has 206 valence electrons. The zero-order valence-corrected chi connectivity index (χ0v) is 22.2. The Kier molecular flexibility index (Phi) is 8.98. The predicted molar refractivity (Wildman–Crippen MR) is 140 cm³/mol. The summed E-state index contributed by atoms with van der Waals surface area (Å²) in [6.07, 6.45) is 0. The van der Waals surface area contributed by atoms with Crippen LogP contribution in [0, 0.1) is 19.7 Å². The number of ether oxygens (including phenoxy) is 4. The normalized spacial score (nSPS) is 13.2. The molecule has 1 aliphatic heterocycles. The fourth-order valence-electron chi connectivity index (χ4n) is 4.41. The summed E-state index contributed by atoms with van der Waals surface area (Å²) < 4.78 is 37.8. The standard InChI is InChI=1S/C29H31FN2O7/c1-4-37-27-16-21(9-10-26(27)38-18-28(34)31-11-13-36-14-12-31)29(35)39-17-25(33)22-15-19(2)32(20(22)3)24-8-6-5-7-23(24)30/h5-10,15-16H,4,11-14,17-18H2,1-3H3. The van der Waals surface area contributed by atoms with E-state index in [1.54, 1.807) is 54.5 Å². The van der Waals surface area contributed by atoms with E-state index < -0.39 is 24.2 Å². The Balaban J connectivity index is 1.41. The van der Waals surface area contributed by atoms with Crippen LogP contribution in [0.25, 0.3) is 5.69 Å². The third-order valence-electron chi connectivity index (χ3n) is 6.35. The monoisotopic (exact) mass is 538 g/mol. The average Bonchev–Trinajstić information content (AvgIpc) is 3.24. The van der Waals surface area contributed by atoms with Gasteiger partial charge < -0.3 is 28.4 Å². The van der Waals surface area contributed by atoms with Crippen LogP contribution in [-0.2, 0) is 14.3 Å². The number of carbonyl (C=O) groups excluding carboxylic acids is 3. The van der Waals surface area contributed by atoms with Crippen LogP contribution in [-0.4, -0.2) is 73.3 Å². The Morgan fingerprint density at radius 1 is 0.949 bits per heavy atom. The summed E-state index contributed by atoms with van der Waals surface area (Å²) in [5, 5.41) is 0. The lowest BCUT2D eigenvalue weighted by Crippen LogP contribution is -2.43. The number of amides is 1. The minimum absolute atomic E-state index is 0.162. The van der Waals surface area contributed by atoms with E-state index in [2.05, 4.69) is 0 Å². The summed E-state index contributed by atoms with van der Waals surface area (Å²) in [6.45, 7) is 6.92. The van der Waals surface area contributed by atoms with Gasteiger partial charge in [0.1, 0.15) is 5.82 Å². The smallest absolute Gasteiger partial charge is 0.338 e. The number of Topliss-reactive ketones (excluding diaryl/α,β-unsaturated/α-hetero) is 1. The van der Waals surface area contributed by atoms with Crippen molar-refractivity contribution >= 4 is 17.7 Å². The van der Waals surface area contributed by atoms with Gasteiger partial charge in [0.25, 0.3) is 5.91 Å². The molecule has 4 rings (SSSR count). The highest BCUT2D eigenvalue weighted by molar-refractivity contribution is 6.00. The van der Waals surface area contributed by atoms with E-state index in [0.717, 1.165) is 0 Å². The average molecular weight is 539 g/mol. The van der Waals surface area contributed by atoms with Crippen molar-refractivity contribution in [2.24, 2.45) is 0 Å². The second kappa shape index (κ2) is 12.6. The molecule has 39 heavy (non-hydrogen) atoms. The molecule has 0 spiro atoms. The first-order valence-corrected chi connectivity index (χ1v) is 12.7. The van der Waals surface area contributed by atoms with E-state index in [1.165, 1.54) is 24.3 Å². The lowest BCUT2D eigenvalue weighted by atomic mass is 10.1. The fraction of sp³-hybridized carbons (Fsp3) is 0.345. The quantitative estimate of drug-likeness (QED) is 0.285. The van der Waals surface area contributed by atoms with Gasteiger partial charge in [-0.05, 0) is 57.2 Å². The number of morpholine rings is 1. The molecule has 0 atom stereocenters. The SMILES string of the molecule is CCOc1cc(C(=O)OCC(=O)c2cc(C)n(-c3ccccc3F)c2C)ccc1OCC(=O)N1CCOCC1. The van der Waals surface area contributed by atoms with Gasteiger partial charge >= 0.3 is 5.97 Å². The van der Waals surface area contributed by atoms with Gasteiger partial charge in [-0.2, -0.15) is 0 Å². The number of halogens is 1. The van der Waals surface area contributed by atoms with Crippen LogP contribution in [0.3, 0.4) is 0 Å². The van der Waals surface area contributed by atoms with Crippen LogP contribution in [0.5, 0.6) is 11.5 Å². The largest absolute Gasteiger partial charge is 0.490 e. The third-order valence-corrected chi connectivity index (χ3v) is 6.35. The number of rotatable bonds is 10. The zero-order valence-electron chi connectivity index (χ0n) is 22.2. The van der Waals surface area contributed by atoms with Crippen molar-refractivity contribution in [2.75, 3.05) is 46.1 Å². The van der Waals surface area contributed by atoms with Gasteiger partial charge in [0.2, 0.25) is 5.78 Å². The van der Waals surface area contributed by atoms with Crippen LogP contribution in [0.2, 0.25) is 0 Å². The van der Waals surface area contributed by atoms with Crippen molar-refractivity contribution in [3.63, 3.8) is 0 Å². The molecule has 0 radical (unpaired) electrons. The summed E-state index contributed by atoms with van der Waals surface area (Å²) in [7, 11) is 0. The number of hydrogen-bond acceptors (Lipinski definition) is 7. The van der Waals surface area contributed by atoms with Crippen LogP contribution in [0.1, 0.15) is 39.0 Å². The number of hydrogen-bond donors (Lipinski definition) is 0. The predicted octanol–water partition coefficient (Wildman–Crippen LogP) is 3.91. The Morgan fingerprint density at radius 3 is 2.41 bits per heavy atom. The number of nitrogens with zero attached hydrogens (tertiary/aromatic N) is 2. The molecule has 2 heterocycles. The van der Waals surface area contributed by atoms with Crippen molar-refractivity contribution in [1.29, 1.82) is 0 Å². The van der Waals surface area contributed by atoms with Gasteiger partial charge in [0.05, 0.1) is 31.1 Å². The molecule has 3 aromatic rings. The van der Waals surface area contributed by atoms with Crippen molar-refractivity contribution in [3.05, 3.63) is 76.9 Å². The van der Waals surface area contributed by atoms with Crippen LogP contribution in [0.4, 0.5) is 4.39 Å². The van der Waals surface area contributed by atoms with Gasteiger partial charge in [-0.15, -0.1) is 0 Å². The molecule has 0 unspecified atom stereocenters. The minimum Gasteiger partial charge on any atom is -0.490 e. The molecule has 9 nitrogen and oxygen atoms in total. The van der Waals surface area contributed by atoms with Gasteiger partial charge in [-0.25, -0.2) is 9.18 Å². The maximum atomic E-state index is 14.4. The summed E-state index contributed by atoms with van der Waals surface area (Å²) in [4.78, 5) is 39.7. The van der Waals surface area contributed by atoms with E-state index in [1.807, 2.05) is 0 Å². The van der Waals surface area contributed by atoms with E-state index in [9.17, 15) is 18.8 Å². The number of benzene rings is 2. The highest BCUT2D eigenvalue weighted by Gasteiger charge is 2.22. The molecule has 0 aliphatic carbocycles. The highest BCUT2D eigenvalue weighted by Crippen LogP contribution is 2.29. The number of aryl methyl sites for hydroxylation is 1. The molecule has 1 aromatic heterocycles. The molecule has 0 saturated carbocycles. The molecular weight excluding hydrogens is 507 g/mol. The summed E-state index contributed by atoms with van der Waals surface area (Å²) in [5.41, 5.74) is 2.06. The van der Waals surface area contributed by atoms with Crippen molar-refractivity contribution in [1.82, 2.24) is 9.47 Å². The minimum atomic E-state index is -0.719. The van der Waals surface area contributed by atoms with Gasteiger partial charge in [-0.1, -0.05) is 12.1 Å². The van der Waals surface area contributed by atoms with Crippen LogP contribution >= 0.6 is 0 Å². The summed E-state index contributed by atoms with van der Waals surface area (Å²) in [6, 6.07) is 12.4. The molecule has 2 aromatic carbocycles. The summed E-state index contributed by atoms with van der Waals surface area (Å²) in [5.74, 6) is -1.12. The second-order valence-electron chi connectivity index (χ2n) is 8.95. The molecular formula is C29H31FN2O7. The van der Waals surface area contributed by atoms with E-state index in [0.29, 0.717) is 61.3 Å². The lowest BCUT2D eigenvalue weighted by Gasteiger charge is -2.26. The Morgan fingerprint density at radius 2 is 1.69 bits per heavy atom. The number of ketones is 1. The van der Waals surface area contributed by atoms with E-state index in [-0.39, 0.29) is 23.8 Å². The van der Waals surface area contributed by atoms with Crippen LogP contribution in [0.15, 0.2) is 48.5 Å². The van der Waals surface area contributed by atoms with Crippen molar-refractivity contribution < 1.29 is 37.7 Å². The Labute approximate surface area is 226 Å². The topological polar surface area (TPSA) is 96.3 Å². The number of esters is 1. The first-order valence-electron chi connectivity index (χ1n) is 12.7. The second-order valence-corrected chi connectivity index (χ2v) is 8.95. The molecule has 1 aliphatic rings. The summed E-state index contributed by atoms with van der Waals surface area (Å²) >= 11 is 0. The van der Waals surface area contributed by atoms with Gasteiger partial charge in [-0.3, -0.25) is 9.59 Å². The number of carbonyl (C=O) groups is 3. The molecule has 1 fully saturated rings. The number of para-hydroxylation sites is 1. The highest BCUT2D eigenvalue weighted by atomic mass is 19.1. The molecule has 10 heteroatoms. The lowest BCUT2D eigenvalue weighted by molar-refractivity contribution is -0.137. The Hall–Kier alpha value is -4.18. The maximum Gasteiger partial charge on any atom is 0.338 e. The number of aromatic nitrogens is 1. The molecule has 0 bridgehead atoms. The fourth-order valence-corrected chi connectivity index (χ4v) is 4.41. The molecule has 1 saturated heterocycles. The van der Waals surface area contributed by atoms with Crippen LogP contribution < -0.4 is 9.47 Å². The molecule has 1 amide bonds. The van der Waals surface area contributed by atoms with Gasteiger partial charge in [0.15, 0.2) is 24.7 Å². The van der Waals surface area contributed by atoms with Crippen molar-refractivity contribution in [2.45, 2.75) is 20.8 Å². The Bertz CT molecular complexity index is 1360. The van der Waals surface area contributed by atoms with Gasteiger partial charge in [0, 0.05) is 30.0 Å². The zero-order chi connectivity index (χ0) is 27.9. The van der Waals surface area contributed by atoms with Crippen molar-refractivity contribution in [3.8, 4) is 17.2 Å². The third kappa shape index (κ3) is 6.46. The maximum absolute atomic E-state index is 14.4.